The number of rotatable bonds is 2. The highest BCUT2D eigenvalue weighted by Crippen LogP contribution is 2.38. The highest BCUT2D eigenvalue weighted by Gasteiger charge is 2.43. The predicted molar refractivity (Wildman–Crippen MR) is 92.3 cm³/mol. The molecule has 2 heterocycles. The summed E-state index contributed by atoms with van der Waals surface area (Å²) in [4.78, 5) is 4.91. The lowest BCUT2D eigenvalue weighted by Gasteiger charge is -2.43. The van der Waals surface area contributed by atoms with Crippen LogP contribution in [0.3, 0.4) is 0 Å². The van der Waals surface area contributed by atoms with Gasteiger partial charge in [0.05, 0.1) is 19.3 Å². The number of morpholine rings is 1. The smallest absolute Gasteiger partial charge is 0.118 e. The minimum Gasteiger partial charge on any atom is -0.379 e. The zero-order chi connectivity index (χ0) is 16.4. The number of nitrogens with zero attached hydrogens (tertiary/aromatic N) is 2. The molecule has 0 unspecified atom stereocenters. The fourth-order valence-electron chi connectivity index (χ4n) is 3.92. The molecule has 3 atom stereocenters. The molecule has 2 saturated heterocycles. The zero-order valence-electron chi connectivity index (χ0n) is 14.9. The fourth-order valence-corrected chi connectivity index (χ4v) is 3.92. The Morgan fingerprint density at radius 2 is 1.74 bits per heavy atom. The minimum atomic E-state index is 0.0733. The van der Waals surface area contributed by atoms with Crippen molar-refractivity contribution in [1.82, 2.24) is 9.80 Å². The molecule has 4 nitrogen and oxygen atoms in total. The predicted octanol–water partition coefficient (Wildman–Crippen LogP) is 2.76. The van der Waals surface area contributed by atoms with Crippen molar-refractivity contribution in [2.24, 2.45) is 5.41 Å². The molecular weight excluding hydrogens is 288 g/mol. The number of benzene rings is 1. The summed E-state index contributed by atoms with van der Waals surface area (Å²) in [5.74, 6) is 0. The van der Waals surface area contributed by atoms with Crippen LogP contribution < -0.4 is 0 Å². The van der Waals surface area contributed by atoms with Gasteiger partial charge < -0.3 is 14.4 Å². The van der Waals surface area contributed by atoms with Crippen LogP contribution in [0.1, 0.15) is 32.4 Å². The van der Waals surface area contributed by atoms with Crippen LogP contribution in [-0.2, 0) is 9.47 Å². The Hall–Kier alpha value is -0.940. The molecule has 0 spiro atoms. The molecule has 2 aliphatic heterocycles. The van der Waals surface area contributed by atoms with Crippen molar-refractivity contribution in [2.45, 2.75) is 39.1 Å². The average Bonchev–Trinajstić information content (AvgIpc) is 2.64. The van der Waals surface area contributed by atoms with Crippen LogP contribution in [0.2, 0.25) is 0 Å². The molecule has 1 aromatic rings. The molecule has 0 aliphatic carbocycles. The highest BCUT2D eigenvalue weighted by atomic mass is 16.5. The Kier molecular flexibility index (Phi) is 5.07. The number of hydrogen-bond donors (Lipinski definition) is 0. The Morgan fingerprint density at radius 3 is 2.39 bits per heavy atom. The van der Waals surface area contributed by atoms with Crippen LogP contribution in [0.15, 0.2) is 30.3 Å². The Balaban J connectivity index is 1.90. The molecule has 2 fully saturated rings. The summed E-state index contributed by atoms with van der Waals surface area (Å²) in [6.07, 6.45) is 0.208. The molecule has 23 heavy (non-hydrogen) atoms. The average molecular weight is 318 g/mol. The molecule has 4 heteroatoms. The summed E-state index contributed by atoms with van der Waals surface area (Å²) in [7, 11) is 2.22. The molecule has 1 aromatic carbocycles. The molecule has 0 amide bonds. The molecular formula is C19H30N2O2. The molecule has 0 radical (unpaired) electrons. The summed E-state index contributed by atoms with van der Waals surface area (Å²) in [6, 6.07) is 11.0. The van der Waals surface area contributed by atoms with Gasteiger partial charge in [-0.2, -0.15) is 0 Å². The summed E-state index contributed by atoms with van der Waals surface area (Å²) >= 11 is 0. The van der Waals surface area contributed by atoms with Crippen LogP contribution >= 0.6 is 0 Å². The van der Waals surface area contributed by atoms with E-state index in [4.69, 9.17) is 9.47 Å². The molecule has 3 rings (SSSR count). The number of likely N-dealkylation sites (N-methyl/N-ethyl adjacent to an activating group) is 1. The molecule has 2 aliphatic rings. The normalized spacial score (nSPS) is 33.3. The topological polar surface area (TPSA) is 24.9 Å². The molecule has 0 N–H and O–H groups in total. The minimum absolute atomic E-state index is 0.0733. The van der Waals surface area contributed by atoms with Crippen LogP contribution in [-0.4, -0.2) is 62.0 Å². The zero-order valence-corrected chi connectivity index (χ0v) is 14.9. The third kappa shape index (κ3) is 3.61. The number of hydrogen-bond acceptors (Lipinski definition) is 4. The van der Waals surface area contributed by atoms with Gasteiger partial charge in [0.25, 0.3) is 0 Å². The van der Waals surface area contributed by atoms with E-state index in [0.717, 1.165) is 32.8 Å². The first-order valence-electron chi connectivity index (χ1n) is 8.71. The van der Waals surface area contributed by atoms with E-state index >= 15 is 0 Å². The van der Waals surface area contributed by atoms with Crippen molar-refractivity contribution in [3.63, 3.8) is 0 Å². The standard InChI is InChI=1S/C19H30N2O2/c1-15-17(16-8-6-5-7-9-16)23-18(19(2,3)14-20(15)4)21-10-12-22-13-11-21/h5-9,15,17-18H,10-14H2,1-4H3/t15-,17-,18+/m1/s1. The van der Waals surface area contributed by atoms with E-state index < -0.39 is 0 Å². The van der Waals surface area contributed by atoms with Gasteiger partial charge in [-0.1, -0.05) is 44.2 Å². The molecule has 0 bridgehead atoms. The van der Waals surface area contributed by atoms with Crippen molar-refractivity contribution in [3.05, 3.63) is 35.9 Å². The Morgan fingerprint density at radius 1 is 1.09 bits per heavy atom. The SMILES string of the molecule is C[C@@H]1[C@H](c2ccccc2)O[C@H](N2CCOCC2)C(C)(C)CN1C. The van der Waals surface area contributed by atoms with Crippen LogP contribution in [0, 0.1) is 5.41 Å². The third-order valence-electron chi connectivity index (χ3n) is 5.24. The quantitative estimate of drug-likeness (QED) is 0.837. The van der Waals surface area contributed by atoms with E-state index in [1.807, 2.05) is 0 Å². The lowest BCUT2D eigenvalue weighted by Crippen LogP contribution is -2.53. The van der Waals surface area contributed by atoms with E-state index in [-0.39, 0.29) is 17.7 Å². The van der Waals surface area contributed by atoms with Gasteiger partial charge in [0.1, 0.15) is 6.23 Å². The second kappa shape index (κ2) is 6.89. The van der Waals surface area contributed by atoms with E-state index in [1.54, 1.807) is 0 Å². The van der Waals surface area contributed by atoms with E-state index in [0.29, 0.717) is 6.04 Å². The Bertz CT molecular complexity index is 499. The Labute approximate surface area is 140 Å². The maximum absolute atomic E-state index is 6.76. The van der Waals surface area contributed by atoms with Crippen LogP contribution in [0.4, 0.5) is 0 Å². The lowest BCUT2D eigenvalue weighted by atomic mass is 9.89. The van der Waals surface area contributed by atoms with E-state index in [2.05, 4.69) is 68.0 Å². The second-order valence-electron chi connectivity index (χ2n) is 7.61. The second-order valence-corrected chi connectivity index (χ2v) is 7.61. The largest absolute Gasteiger partial charge is 0.379 e. The van der Waals surface area contributed by atoms with E-state index in [1.165, 1.54) is 5.56 Å². The first-order chi connectivity index (χ1) is 11.0. The summed E-state index contributed by atoms with van der Waals surface area (Å²) in [5.41, 5.74) is 1.34. The van der Waals surface area contributed by atoms with Crippen LogP contribution in [0.25, 0.3) is 0 Å². The molecule has 0 saturated carbocycles. The maximum atomic E-state index is 6.76. The van der Waals surface area contributed by atoms with Crippen LogP contribution in [0.5, 0.6) is 0 Å². The third-order valence-corrected chi connectivity index (χ3v) is 5.24. The van der Waals surface area contributed by atoms with Gasteiger partial charge in [-0.15, -0.1) is 0 Å². The first-order valence-corrected chi connectivity index (χ1v) is 8.71. The van der Waals surface area contributed by atoms with E-state index in [9.17, 15) is 0 Å². The summed E-state index contributed by atoms with van der Waals surface area (Å²) < 4.78 is 12.3. The van der Waals surface area contributed by atoms with Crippen molar-refractivity contribution in [1.29, 1.82) is 0 Å². The van der Waals surface area contributed by atoms with Crippen molar-refractivity contribution < 1.29 is 9.47 Å². The maximum Gasteiger partial charge on any atom is 0.118 e. The van der Waals surface area contributed by atoms with Gasteiger partial charge in [0.2, 0.25) is 0 Å². The van der Waals surface area contributed by atoms with Crippen molar-refractivity contribution in [2.75, 3.05) is 39.9 Å². The molecule has 128 valence electrons. The number of ether oxygens (including phenoxy) is 2. The van der Waals surface area contributed by atoms with Gasteiger partial charge >= 0.3 is 0 Å². The van der Waals surface area contributed by atoms with Gasteiger partial charge in [0, 0.05) is 31.1 Å². The lowest BCUT2D eigenvalue weighted by molar-refractivity contribution is -0.166. The van der Waals surface area contributed by atoms with Crippen molar-refractivity contribution in [3.8, 4) is 0 Å². The van der Waals surface area contributed by atoms with Gasteiger partial charge in [-0.25, -0.2) is 0 Å². The molecule has 0 aromatic heterocycles. The van der Waals surface area contributed by atoms with Crippen molar-refractivity contribution >= 4 is 0 Å². The highest BCUT2D eigenvalue weighted by molar-refractivity contribution is 5.19. The van der Waals surface area contributed by atoms with Gasteiger partial charge in [0.15, 0.2) is 0 Å². The fraction of sp³-hybridized carbons (Fsp3) is 0.684. The first kappa shape index (κ1) is 16.9. The van der Waals surface area contributed by atoms with Gasteiger partial charge in [-0.05, 0) is 19.5 Å². The van der Waals surface area contributed by atoms with Gasteiger partial charge in [-0.3, -0.25) is 4.90 Å². The summed E-state index contributed by atoms with van der Waals surface area (Å²) in [6.45, 7) is 11.5. The summed E-state index contributed by atoms with van der Waals surface area (Å²) in [5, 5.41) is 0. The monoisotopic (exact) mass is 318 g/mol.